The van der Waals surface area contributed by atoms with E-state index in [2.05, 4.69) is 11.8 Å². The summed E-state index contributed by atoms with van der Waals surface area (Å²) in [5, 5.41) is 0. The largest absolute Gasteiger partial charge is 0.379 e. The van der Waals surface area contributed by atoms with Crippen LogP contribution in [0.5, 0.6) is 0 Å². The predicted octanol–water partition coefficient (Wildman–Crippen LogP) is 0.0709. The molecule has 2 saturated heterocycles. The van der Waals surface area contributed by atoms with E-state index in [1.807, 2.05) is 0 Å². The first-order valence-corrected chi connectivity index (χ1v) is 5.97. The van der Waals surface area contributed by atoms with Gasteiger partial charge in [-0.05, 0) is 6.42 Å². The Balaban J connectivity index is 1.78. The second-order valence-corrected chi connectivity index (χ2v) is 4.62. The van der Waals surface area contributed by atoms with Crippen molar-refractivity contribution < 1.29 is 9.47 Å². The van der Waals surface area contributed by atoms with Gasteiger partial charge in [0.1, 0.15) is 0 Å². The van der Waals surface area contributed by atoms with Gasteiger partial charge in [-0.2, -0.15) is 0 Å². The SMILES string of the molecule is CCC1CN(CC2COCC2N)CCO1. The molecule has 3 unspecified atom stereocenters. The maximum atomic E-state index is 5.98. The maximum absolute atomic E-state index is 5.98. The molecule has 2 fully saturated rings. The van der Waals surface area contributed by atoms with Crippen molar-refractivity contribution in [3.63, 3.8) is 0 Å². The van der Waals surface area contributed by atoms with Crippen LogP contribution in [-0.2, 0) is 9.47 Å². The summed E-state index contributed by atoms with van der Waals surface area (Å²) in [6.07, 6.45) is 1.52. The van der Waals surface area contributed by atoms with E-state index in [4.69, 9.17) is 15.2 Å². The van der Waals surface area contributed by atoms with Gasteiger partial charge in [0.05, 0.1) is 25.9 Å². The van der Waals surface area contributed by atoms with Gasteiger partial charge >= 0.3 is 0 Å². The lowest BCUT2D eigenvalue weighted by atomic mass is 10.0. The van der Waals surface area contributed by atoms with Crippen LogP contribution in [-0.4, -0.2) is 56.5 Å². The highest BCUT2D eigenvalue weighted by molar-refractivity contribution is 4.82. The monoisotopic (exact) mass is 214 g/mol. The maximum Gasteiger partial charge on any atom is 0.0700 e. The standard InChI is InChI=1S/C11H22N2O2/c1-2-10-6-13(3-4-15-10)5-9-7-14-8-11(9)12/h9-11H,2-8,12H2,1H3. The molecule has 4 heteroatoms. The first-order chi connectivity index (χ1) is 7.29. The topological polar surface area (TPSA) is 47.7 Å². The third kappa shape index (κ3) is 2.91. The summed E-state index contributed by atoms with van der Waals surface area (Å²) < 4.78 is 11.0. The van der Waals surface area contributed by atoms with E-state index >= 15 is 0 Å². The van der Waals surface area contributed by atoms with Crippen molar-refractivity contribution >= 4 is 0 Å². The lowest BCUT2D eigenvalue weighted by Gasteiger charge is -2.34. The Hall–Kier alpha value is -0.160. The average molecular weight is 214 g/mol. The smallest absolute Gasteiger partial charge is 0.0700 e. The van der Waals surface area contributed by atoms with Crippen LogP contribution >= 0.6 is 0 Å². The molecule has 3 atom stereocenters. The molecule has 2 rings (SSSR count). The normalized spacial score (nSPS) is 38.4. The molecule has 2 N–H and O–H groups in total. The van der Waals surface area contributed by atoms with Crippen LogP contribution in [0.1, 0.15) is 13.3 Å². The Morgan fingerprint density at radius 1 is 1.40 bits per heavy atom. The minimum atomic E-state index is 0.230. The molecule has 2 heterocycles. The second-order valence-electron chi connectivity index (χ2n) is 4.62. The molecule has 15 heavy (non-hydrogen) atoms. The van der Waals surface area contributed by atoms with Crippen LogP contribution < -0.4 is 5.73 Å². The first-order valence-electron chi connectivity index (χ1n) is 5.97. The van der Waals surface area contributed by atoms with E-state index in [1.54, 1.807) is 0 Å². The third-order valence-electron chi connectivity index (χ3n) is 3.42. The molecule has 4 nitrogen and oxygen atoms in total. The Bertz CT molecular complexity index is 201. The van der Waals surface area contributed by atoms with Gasteiger partial charge in [-0.25, -0.2) is 0 Å². The van der Waals surface area contributed by atoms with E-state index in [-0.39, 0.29) is 6.04 Å². The van der Waals surface area contributed by atoms with Crippen LogP contribution in [0.3, 0.4) is 0 Å². The summed E-state index contributed by atoms with van der Waals surface area (Å²) in [4.78, 5) is 2.47. The predicted molar refractivity (Wildman–Crippen MR) is 58.8 cm³/mol. The van der Waals surface area contributed by atoms with Gasteiger partial charge in [0.2, 0.25) is 0 Å². The summed E-state index contributed by atoms with van der Waals surface area (Å²) in [5.41, 5.74) is 5.98. The highest BCUT2D eigenvalue weighted by Gasteiger charge is 2.28. The van der Waals surface area contributed by atoms with Crippen LogP contribution in [0.15, 0.2) is 0 Å². The second kappa shape index (κ2) is 5.25. The molecule has 0 saturated carbocycles. The number of hydrogen-bond donors (Lipinski definition) is 1. The summed E-state index contributed by atoms with van der Waals surface area (Å²) >= 11 is 0. The highest BCUT2D eigenvalue weighted by atomic mass is 16.5. The number of nitrogens with zero attached hydrogens (tertiary/aromatic N) is 1. The molecule has 0 amide bonds. The van der Waals surface area contributed by atoms with Crippen LogP contribution in [0.4, 0.5) is 0 Å². The fraction of sp³-hybridized carbons (Fsp3) is 1.00. The Labute approximate surface area is 91.7 Å². The fourth-order valence-corrected chi connectivity index (χ4v) is 2.33. The van der Waals surface area contributed by atoms with Crippen molar-refractivity contribution in [2.75, 3.05) is 39.5 Å². The lowest BCUT2D eigenvalue weighted by Crippen LogP contribution is -2.46. The van der Waals surface area contributed by atoms with Crippen molar-refractivity contribution in [2.45, 2.75) is 25.5 Å². The minimum Gasteiger partial charge on any atom is -0.379 e. The molecular formula is C11H22N2O2. The summed E-state index contributed by atoms with van der Waals surface area (Å²) in [5.74, 6) is 0.514. The zero-order valence-electron chi connectivity index (χ0n) is 9.52. The molecule has 0 spiro atoms. The van der Waals surface area contributed by atoms with Crippen LogP contribution in [0.25, 0.3) is 0 Å². The van der Waals surface area contributed by atoms with Gasteiger partial charge in [-0.15, -0.1) is 0 Å². The number of ether oxygens (including phenoxy) is 2. The number of nitrogens with two attached hydrogens (primary N) is 1. The van der Waals surface area contributed by atoms with Gasteiger partial charge in [-0.1, -0.05) is 6.92 Å². The van der Waals surface area contributed by atoms with Crippen LogP contribution in [0.2, 0.25) is 0 Å². The Morgan fingerprint density at radius 3 is 2.93 bits per heavy atom. The zero-order valence-corrected chi connectivity index (χ0v) is 9.52. The fourth-order valence-electron chi connectivity index (χ4n) is 2.33. The van der Waals surface area contributed by atoms with Gasteiger partial charge in [0.25, 0.3) is 0 Å². The van der Waals surface area contributed by atoms with E-state index in [1.165, 1.54) is 0 Å². The Morgan fingerprint density at radius 2 is 2.27 bits per heavy atom. The number of rotatable bonds is 3. The van der Waals surface area contributed by atoms with Crippen molar-refractivity contribution in [2.24, 2.45) is 11.7 Å². The van der Waals surface area contributed by atoms with E-state index < -0.39 is 0 Å². The van der Waals surface area contributed by atoms with Crippen molar-refractivity contribution in [3.05, 3.63) is 0 Å². The van der Waals surface area contributed by atoms with Crippen molar-refractivity contribution in [1.82, 2.24) is 4.90 Å². The molecule has 0 radical (unpaired) electrons. The molecular weight excluding hydrogens is 192 g/mol. The molecule has 88 valence electrons. The van der Waals surface area contributed by atoms with Gasteiger partial charge < -0.3 is 15.2 Å². The van der Waals surface area contributed by atoms with Gasteiger partial charge in [-0.3, -0.25) is 4.90 Å². The van der Waals surface area contributed by atoms with Gasteiger partial charge in [0.15, 0.2) is 0 Å². The number of morpholine rings is 1. The summed E-state index contributed by atoms with van der Waals surface area (Å²) in [6.45, 7) is 7.77. The van der Waals surface area contributed by atoms with E-state index in [9.17, 15) is 0 Å². The summed E-state index contributed by atoms with van der Waals surface area (Å²) in [7, 11) is 0. The van der Waals surface area contributed by atoms with Gasteiger partial charge in [0, 0.05) is 31.6 Å². The lowest BCUT2D eigenvalue weighted by molar-refractivity contribution is -0.0346. The molecule has 2 aliphatic rings. The third-order valence-corrected chi connectivity index (χ3v) is 3.42. The summed E-state index contributed by atoms with van der Waals surface area (Å²) in [6, 6.07) is 0.230. The molecule has 0 aliphatic carbocycles. The minimum absolute atomic E-state index is 0.230. The molecule has 0 aromatic carbocycles. The number of hydrogen-bond acceptors (Lipinski definition) is 4. The molecule has 0 aromatic rings. The molecule has 0 bridgehead atoms. The first kappa shape index (κ1) is 11.3. The Kier molecular flexibility index (Phi) is 3.97. The van der Waals surface area contributed by atoms with E-state index in [0.29, 0.717) is 12.0 Å². The molecule has 2 aliphatic heterocycles. The van der Waals surface area contributed by atoms with E-state index in [0.717, 1.165) is 45.9 Å². The highest BCUT2D eigenvalue weighted by Crippen LogP contribution is 2.16. The van der Waals surface area contributed by atoms with Crippen molar-refractivity contribution in [3.8, 4) is 0 Å². The average Bonchev–Trinajstić information content (AvgIpc) is 2.65. The quantitative estimate of drug-likeness (QED) is 0.722. The molecule has 0 aromatic heterocycles. The van der Waals surface area contributed by atoms with Crippen molar-refractivity contribution in [1.29, 1.82) is 0 Å². The van der Waals surface area contributed by atoms with Crippen LogP contribution in [0, 0.1) is 5.92 Å². The zero-order chi connectivity index (χ0) is 10.7.